The summed E-state index contributed by atoms with van der Waals surface area (Å²) >= 11 is 1.78. The molecule has 4 aromatic heterocycles. The SMILES string of the molecule is c1ccc(-c2nc(-c3cccc4c3sc3ccccc34)nc(-n3c4ccccc4c4cc(-c5ccc6c(c5)oc5ccccc56)ccc43)n2)cc1. The first-order chi connectivity index (χ1) is 25.3. The van der Waals surface area contributed by atoms with E-state index in [1.165, 1.54) is 20.2 Å². The number of nitrogens with zero attached hydrogens (tertiary/aromatic N) is 4. The van der Waals surface area contributed by atoms with Crippen LogP contribution in [0.1, 0.15) is 0 Å². The summed E-state index contributed by atoms with van der Waals surface area (Å²) in [6.45, 7) is 0. The fourth-order valence-corrected chi connectivity index (χ4v) is 8.71. The van der Waals surface area contributed by atoms with Crippen LogP contribution in [0.3, 0.4) is 0 Å². The Balaban J connectivity index is 1.14. The molecule has 0 aliphatic heterocycles. The van der Waals surface area contributed by atoms with Crippen LogP contribution in [0, 0.1) is 0 Å². The summed E-state index contributed by atoms with van der Waals surface area (Å²) in [6.07, 6.45) is 0. The van der Waals surface area contributed by atoms with Crippen LogP contribution in [0.15, 0.2) is 162 Å². The molecule has 0 radical (unpaired) electrons. The molecule has 0 aliphatic carbocycles. The highest BCUT2D eigenvalue weighted by molar-refractivity contribution is 7.26. The van der Waals surface area contributed by atoms with Gasteiger partial charge < -0.3 is 4.42 Å². The van der Waals surface area contributed by atoms with Crippen molar-refractivity contribution in [1.82, 2.24) is 19.5 Å². The van der Waals surface area contributed by atoms with Crippen molar-refractivity contribution >= 4 is 75.3 Å². The summed E-state index contributed by atoms with van der Waals surface area (Å²) in [5.74, 6) is 1.87. The first-order valence-electron chi connectivity index (χ1n) is 16.9. The van der Waals surface area contributed by atoms with E-state index in [1.54, 1.807) is 11.3 Å². The van der Waals surface area contributed by atoms with Gasteiger partial charge in [-0.1, -0.05) is 109 Å². The van der Waals surface area contributed by atoms with Gasteiger partial charge in [0.05, 0.1) is 11.0 Å². The van der Waals surface area contributed by atoms with E-state index in [0.29, 0.717) is 17.6 Å². The van der Waals surface area contributed by atoms with E-state index in [9.17, 15) is 0 Å². The fraction of sp³-hybridized carbons (Fsp3) is 0. The Labute approximate surface area is 295 Å². The van der Waals surface area contributed by atoms with E-state index in [1.807, 2.05) is 30.3 Å². The van der Waals surface area contributed by atoms with Crippen LogP contribution in [0.25, 0.3) is 104 Å². The summed E-state index contributed by atoms with van der Waals surface area (Å²) in [5.41, 5.74) is 8.01. The molecule has 0 bridgehead atoms. The summed E-state index contributed by atoms with van der Waals surface area (Å²) in [5, 5.41) is 6.97. The topological polar surface area (TPSA) is 56.7 Å². The van der Waals surface area contributed by atoms with Gasteiger partial charge in [-0.05, 0) is 59.7 Å². The number of hydrogen-bond donors (Lipinski definition) is 0. The molecule has 0 saturated carbocycles. The van der Waals surface area contributed by atoms with E-state index in [0.717, 1.165) is 66.0 Å². The van der Waals surface area contributed by atoms with Crippen LogP contribution >= 0.6 is 11.3 Å². The molecule has 0 amide bonds. The first-order valence-corrected chi connectivity index (χ1v) is 17.8. The Morgan fingerprint density at radius 3 is 2.04 bits per heavy atom. The maximum Gasteiger partial charge on any atom is 0.238 e. The van der Waals surface area contributed by atoms with Crippen LogP contribution in [0.2, 0.25) is 0 Å². The summed E-state index contributed by atoms with van der Waals surface area (Å²) < 4.78 is 10.8. The highest BCUT2D eigenvalue weighted by Crippen LogP contribution is 2.41. The Hall–Kier alpha value is -6.63. The van der Waals surface area contributed by atoms with E-state index in [-0.39, 0.29) is 0 Å². The zero-order chi connectivity index (χ0) is 33.5. The van der Waals surface area contributed by atoms with Gasteiger partial charge in [0.15, 0.2) is 11.6 Å². The monoisotopic (exact) mass is 670 g/mol. The predicted octanol–water partition coefficient (Wildman–Crippen LogP) is 12.2. The second kappa shape index (κ2) is 10.9. The van der Waals surface area contributed by atoms with Crippen LogP contribution in [0.5, 0.6) is 0 Å². The van der Waals surface area contributed by atoms with Crippen molar-refractivity contribution in [2.24, 2.45) is 0 Å². The van der Waals surface area contributed by atoms with E-state index in [2.05, 4.69) is 132 Å². The molecule has 11 aromatic rings. The minimum atomic E-state index is 0.583. The van der Waals surface area contributed by atoms with Gasteiger partial charge in [-0.25, -0.2) is 4.98 Å². The van der Waals surface area contributed by atoms with Gasteiger partial charge >= 0.3 is 0 Å². The lowest BCUT2D eigenvalue weighted by atomic mass is 10.0. The molecule has 0 unspecified atom stereocenters. The molecule has 51 heavy (non-hydrogen) atoms. The standard InChI is InChI=1S/C45H26N4OS/c1-2-11-27(12-3-1)43-46-44(35-17-10-16-34-33-15-6-9-20-41(33)51-42(34)35)48-45(47-43)49-37-18-7-4-13-30(37)36-25-28(22-24-38(36)49)29-21-23-32-31-14-5-8-19-39(31)50-40(32)26-29/h1-26H. The molecule has 0 aliphatic rings. The molecule has 238 valence electrons. The van der Waals surface area contributed by atoms with Gasteiger partial charge in [0.1, 0.15) is 11.2 Å². The van der Waals surface area contributed by atoms with Crippen molar-refractivity contribution in [1.29, 1.82) is 0 Å². The van der Waals surface area contributed by atoms with Crippen LogP contribution in [0.4, 0.5) is 0 Å². The second-order valence-electron chi connectivity index (χ2n) is 12.8. The molecule has 0 atom stereocenters. The van der Waals surface area contributed by atoms with Crippen LogP contribution in [-0.4, -0.2) is 19.5 Å². The summed E-state index contributed by atoms with van der Waals surface area (Å²) in [6, 6.07) is 55.0. The molecule has 0 saturated heterocycles. The number of benzene rings is 7. The molecule has 0 spiro atoms. The average Bonchev–Trinajstić information content (AvgIpc) is 3.87. The largest absolute Gasteiger partial charge is 0.456 e. The number of furan rings is 1. The zero-order valence-corrected chi connectivity index (χ0v) is 27.9. The third-order valence-electron chi connectivity index (χ3n) is 9.89. The van der Waals surface area contributed by atoms with Gasteiger partial charge in [-0.3, -0.25) is 4.57 Å². The van der Waals surface area contributed by atoms with Crippen molar-refractivity contribution < 1.29 is 4.42 Å². The van der Waals surface area contributed by atoms with Crippen molar-refractivity contribution in [2.45, 2.75) is 0 Å². The van der Waals surface area contributed by atoms with Gasteiger partial charge in [0.2, 0.25) is 5.95 Å². The van der Waals surface area contributed by atoms with E-state index >= 15 is 0 Å². The zero-order valence-electron chi connectivity index (χ0n) is 27.1. The lowest BCUT2D eigenvalue weighted by Gasteiger charge is -2.11. The highest BCUT2D eigenvalue weighted by atomic mass is 32.1. The third-order valence-corrected chi connectivity index (χ3v) is 11.1. The van der Waals surface area contributed by atoms with Crippen molar-refractivity contribution in [3.63, 3.8) is 0 Å². The minimum absolute atomic E-state index is 0.583. The molecular weight excluding hydrogens is 645 g/mol. The van der Waals surface area contributed by atoms with Gasteiger partial charge in [0, 0.05) is 52.8 Å². The summed E-state index contributed by atoms with van der Waals surface area (Å²) in [4.78, 5) is 15.5. The maximum absolute atomic E-state index is 6.25. The number of thiophene rings is 1. The van der Waals surface area contributed by atoms with Crippen LogP contribution < -0.4 is 0 Å². The molecule has 7 aromatic carbocycles. The van der Waals surface area contributed by atoms with Crippen LogP contribution in [-0.2, 0) is 0 Å². The molecule has 6 heteroatoms. The molecule has 4 heterocycles. The highest BCUT2D eigenvalue weighted by Gasteiger charge is 2.20. The lowest BCUT2D eigenvalue weighted by molar-refractivity contribution is 0.669. The number of rotatable bonds is 4. The molecule has 0 N–H and O–H groups in total. The lowest BCUT2D eigenvalue weighted by Crippen LogP contribution is -2.06. The quantitative estimate of drug-likeness (QED) is 0.187. The van der Waals surface area contributed by atoms with Gasteiger partial charge in [-0.15, -0.1) is 11.3 Å². The molecule has 5 nitrogen and oxygen atoms in total. The predicted molar refractivity (Wildman–Crippen MR) is 211 cm³/mol. The number of fused-ring (bicyclic) bond motifs is 9. The molecule has 0 fully saturated rings. The molecule has 11 rings (SSSR count). The van der Waals surface area contributed by atoms with Crippen molar-refractivity contribution in [2.75, 3.05) is 0 Å². The fourth-order valence-electron chi connectivity index (χ4n) is 7.50. The Kier molecular flexibility index (Phi) is 6.05. The normalized spacial score (nSPS) is 11.9. The Bertz CT molecular complexity index is 3150. The number of para-hydroxylation sites is 2. The number of aromatic nitrogens is 4. The Morgan fingerprint density at radius 2 is 1.12 bits per heavy atom. The summed E-state index contributed by atoms with van der Waals surface area (Å²) in [7, 11) is 0. The third kappa shape index (κ3) is 4.37. The maximum atomic E-state index is 6.25. The smallest absolute Gasteiger partial charge is 0.238 e. The van der Waals surface area contributed by atoms with Crippen molar-refractivity contribution in [3.05, 3.63) is 158 Å². The molecular formula is C45H26N4OS. The Morgan fingerprint density at radius 1 is 0.431 bits per heavy atom. The first kappa shape index (κ1) is 28.2. The average molecular weight is 671 g/mol. The second-order valence-corrected chi connectivity index (χ2v) is 13.9. The minimum Gasteiger partial charge on any atom is -0.456 e. The number of hydrogen-bond acceptors (Lipinski definition) is 5. The van der Waals surface area contributed by atoms with Gasteiger partial charge in [0.25, 0.3) is 0 Å². The van der Waals surface area contributed by atoms with E-state index in [4.69, 9.17) is 19.4 Å². The van der Waals surface area contributed by atoms with Crippen molar-refractivity contribution in [3.8, 4) is 39.9 Å². The van der Waals surface area contributed by atoms with Gasteiger partial charge in [-0.2, -0.15) is 9.97 Å². The van der Waals surface area contributed by atoms with E-state index < -0.39 is 0 Å².